The van der Waals surface area contributed by atoms with Crippen LogP contribution in [0.2, 0.25) is 0 Å². The molecule has 0 aromatic carbocycles. The third-order valence-corrected chi connectivity index (χ3v) is 2.34. The number of hydrogen-bond acceptors (Lipinski definition) is 3. The maximum absolute atomic E-state index is 5.39. The molecule has 3 heteroatoms. The SMILES string of the molecule is CCOC(CCSCC)OCC. The minimum Gasteiger partial charge on any atom is -0.353 e. The van der Waals surface area contributed by atoms with Crippen LogP contribution in [-0.2, 0) is 9.47 Å². The van der Waals surface area contributed by atoms with Crippen LogP contribution in [0.25, 0.3) is 0 Å². The lowest BCUT2D eigenvalue weighted by molar-refractivity contribution is -0.136. The van der Waals surface area contributed by atoms with Crippen LogP contribution in [0.4, 0.5) is 0 Å². The largest absolute Gasteiger partial charge is 0.353 e. The Bertz CT molecular complexity index is 82.6. The molecule has 12 heavy (non-hydrogen) atoms. The van der Waals surface area contributed by atoms with Gasteiger partial charge in [-0.25, -0.2) is 0 Å². The van der Waals surface area contributed by atoms with Crippen LogP contribution in [0.5, 0.6) is 0 Å². The van der Waals surface area contributed by atoms with Crippen molar-refractivity contribution >= 4 is 11.8 Å². The van der Waals surface area contributed by atoms with Crippen LogP contribution in [0, 0.1) is 0 Å². The van der Waals surface area contributed by atoms with Gasteiger partial charge >= 0.3 is 0 Å². The maximum Gasteiger partial charge on any atom is 0.158 e. The van der Waals surface area contributed by atoms with E-state index in [9.17, 15) is 0 Å². The predicted molar refractivity (Wildman–Crippen MR) is 54.7 cm³/mol. The summed E-state index contributed by atoms with van der Waals surface area (Å²) in [5, 5.41) is 0. The second-order valence-corrected chi connectivity index (χ2v) is 3.72. The molecule has 0 rings (SSSR count). The first-order valence-corrected chi connectivity index (χ1v) is 5.81. The Labute approximate surface area is 80.0 Å². The minimum atomic E-state index is 0.0130. The van der Waals surface area contributed by atoms with Gasteiger partial charge in [-0.15, -0.1) is 0 Å². The van der Waals surface area contributed by atoms with E-state index in [1.165, 1.54) is 5.75 Å². The number of thioether (sulfide) groups is 1. The fourth-order valence-corrected chi connectivity index (χ4v) is 1.56. The van der Waals surface area contributed by atoms with Gasteiger partial charge in [0.25, 0.3) is 0 Å². The third-order valence-electron chi connectivity index (χ3n) is 1.41. The van der Waals surface area contributed by atoms with Crippen LogP contribution in [0.15, 0.2) is 0 Å². The minimum absolute atomic E-state index is 0.0130. The Kier molecular flexibility index (Phi) is 9.57. The molecule has 0 bridgehead atoms. The van der Waals surface area contributed by atoms with Gasteiger partial charge in [0.15, 0.2) is 6.29 Å². The molecule has 2 nitrogen and oxygen atoms in total. The molecule has 0 fully saturated rings. The van der Waals surface area contributed by atoms with Crippen molar-refractivity contribution in [3.63, 3.8) is 0 Å². The smallest absolute Gasteiger partial charge is 0.158 e. The van der Waals surface area contributed by atoms with Crippen molar-refractivity contribution in [3.8, 4) is 0 Å². The quantitative estimate of drug-likeness (QED) is 0.435. The highest BCUT2D eigenvalue weighted by atomic mass is 32.2. The summed E-state index contributed by atoms with van der Waals surface area (Å²) in [6.45, 7) is 7.64. The predicted octanol–water partition coefficient (Wildman–Crippen LogP) is 2.53. The first-order valence-electron chi connectivity index (χ1n) is 4.66. The van der Waals surface area contributed by atoms with E-state index in [-0.39, 0.29) is 6.29 Å². The van der Waals surface area contributed by atoms with Crippen molar-refractivity contribution in [2.24, 2.45) is 0 Å². The van der Waals surface area contributed by atoms with Crippen molar-refractivity contribution in [1.29, 1.82) is 0 Å². The third kappa shape index (κ3) is 6.95. The van der Waals surface area contributed by atoms with Crippen LogP contribution in [0.1, 0.15) is 27.2 Å². The summed E-state index contributed by atoms with van der Waals surface area (Å²) in [5.41, 5.74) is 0. The van der Waals surface area contributed by atoms with Crippen molar-refractivity contribution in [3.05, 3.63) is 0 Å². The van der Waals surface area contributed by atoms with Crippen molar-refractivity contribution in [1.82, 2.24) is 0 Å². The summed E-state index contributed by atoms with van der Waals surface area (Å²) in [4.78, 5) is 0. The van der Waals surface area contributed by atoms with Gasteiger partial charge in [0.2, 0.25) is 0 Å². The standard InChI is InChI=1S/C9H20O2S/c1-4-10-9(11-5-2)7-8-12-6-3/h9H,4-8H2,1-3H3. The lowest BCUT2D eigenvalue weighted by atomic mass is 10.5. The van der Waals surface area contributed by atoms with E-state index >= 15 is 0 Å². The monoisotopic (exact) mass is 192 g/mol. The molecule has 74 valence electrons. The Morgan fingerprint density at radius 3 is 2.08 bits per heavy atom. The fourth-order valence-electron chi connectivity index (χ4n) is 0.910. The Hall–Kier alpha value is 0.270. The van der Waals surface area contributed by atoms with Gasteiger partial charge in [-0.3, -0.25) is 0 Å². The lowest BCUT2D eigenvalue weighted by Gasteiger charge is -2.15. The molecular formula is C9H20O2S. The van der Waals surface area contributed by atoms with Gasteiger partial charge in [-0.05, 0) is 25.4 Å². The highest BCUT2D eigenvalue weighted by Crippen LogP contribution is 2.07. The summed E-state index contributed by atoms with van der Waals surface area (Å²) >= 11 is 1.93. The molecular weight excluding hydrogens is 172 g/mol. The molecule has 0 aliphatic carbocycles. The van der Waals surface area contributed by atoms with Crippen LogP contribution in [0.3, 0.4) is 0 Å². The summed E-state index contributed by atoms with van der Waals surface area (Å²) in [6, 6.07) is 0. The molecule has 0 aliphatic heterocycles. The average molecular weight is 192 g/mol. The van der Waals surface area contributed by atoms with Crippen LogP contribution >= 0.6 is 11.8 Å². The van der Waals surface area contributed by atoms with E-state index < -0.39 is 0 Å². The molecule has 0 aromatic heterocycles. The van der Waals surface area contributed by atoms with Gasteiger partial charge in [0.1, 0.15) is 0 Å². The van der Waals surface area contributed by atoms with E-state index in [4.69, 9.17) is 9.47 Å². The number of ether oxygens (including phenoxy) is 2. The highest BCUT2D eigenvalue weighted by Gasteiger charge is 2.06. The molecule has 0 spiro atoms. The van der Waals surface area contributed by atoms with Gasteiger partial charge in [-0.2, -0.15) is 11.8 Å². The topological polar surface area (TPSA) is 18.5 Å². The molecule has 0 saturated heterocycles. The lowest BCUT2D eigenvalue weighted by Crippen LogP contribution is -2.18. The van der Waals surface area contributed by atoms with E-state index in [0.29, 0.717) is 0 Å². The Balaban J connectivity index is 3.34. The molecule has 0 aliphatic rings. The van der Waals surface area contributed by atoms with Crippen LogP contribution in [-0.4, -0.2) is 31.0 Å². The second kappa shape index (κ2) is 9.36. The Morgan fingerprint density at radius 2 is 1.67 bits per heavy atom. The average Bonchev–Trinajstić information content (AvgIpc) is 2.06. The molecule has 0 radical (unpaired) electrons. The molecule has 0 atom stereocenters. The zero-order valence-corrected chi connectivity index (χ0v) is 9.15. The number of hydrogen-bond donors (Lipinski definition) is 0. The zero-order valence-electron chi connectivity index (χ0n) is 8.34. The first-order chi connectivity index (χ1) is 5.85. The van der Waals surface area contributed by atoms with E-state index in [2.05, 4.69) is 6.92 Å². The van der Waals surface area contributed by atoms with Crippen LogP contribution < -0.4 is 0 Å². The van der Waals surface area contributed by atoms with Crippen molar-refractivity contribution < 1.29 is 9.47 Å². The fraction of sp³-hybridized carbons (Fsp3) is 1.00. The van der Waals surface area contributed by atoms with Gasteiger partial charge in [-0.1, -0.05) is 6.92 Å². The summed E-state index contributed by atoms with van der Waals surface area (Å²) in [5.74, 6) is 2.30. The van der Waals surface area contributed by atoms with E-state index in [0.717, 1.165) is 25.4 Å². The molecule has 0 amide bonds. The first kappa shape index (κ1) is 12.3. The normalized spacial score (nSPS) is 11.0. The molecule has 0 saturated carbocycles. The molecule has 0 unspecified atom stereocenters. The Morgan fingerprint density at radius 1 is 1.08 bits per heavy atom. The molecule has 0 N–H and O–H groups in total. The molecule has 0 heterocycles. The zero-order chi connectivity index (χ0) is 9.23. The van der Waals surface area contributed by atoms with Gasteiger partial charge < -0.3 is 9.47 Å². The van der Waals surface area contributed by atoms with Crippen molar-refractivity contribution in [2.45, 2.75) is 33.5 Å². The molecule has 0 aromatic rings. The van der Waals surface area contributed by atoms with Gasteiger partial charge in [0.05, 0.1) is 0 Å². The van der Waals surface area contributed by atoms with E-state index in [1.807, 2.05) is 25.6 Å². The summed E-state index contributed by atoms with van der Waals surface area (Å²) < 4.78 is 10.8. The van der Waals surface area contributed by atoms with Crippen molar-refractivity contribution in [2.75, 3.05) is 24.7 Å². The highest BCUT2D eigenvalue weighted by molar-refractivity contribution is 7.99. The summed E-state index contributed by atoms with van der Waals surface area (Å²) in [7, 11) is 0. The second-order valence-electron chi connectivity index (χ2n) is 2.33. The summed E-state index contributed by atoms with van der Waals surface area (Å²) in [6.07, 6.45) is 1.01. The number of rotatable bonds is 8. The van der Waals surface area contributed by atoms with E-state index in [1.54, 1.807) is 0 Å². The van der Waals surface area contributed by atoms with Gasteiger partial charge in [0, 0.05) is 19.6 Å². The maximum atomic E-state index is 5.39.